The third-order valence-electron chi connectivity index (χ3n) is 4.77. The molecule has 162 valence electrons. The van der Waals surface area contributed by atoms with E-state index in [1.54, 1.807) is 42.5 Å². The molecule has 0 aromatic heterocycles. The highest BCUT2D eigenvalue weighted by molar-refractivity contribution is 6.04. The molecule has 0 radical (unpaired) electrons. The highest BCUT2D eigenvalue weighted by Crippen LogP contribution is 2.23. The molecule has 32 heavy (non-hydrogen) atoms. The second kappa shape index (κ2) is 10.6. The zero-order valence-electron chi connectivity index (χ0n) is 18.1. The standard InChI is InChI=1S/C25H25N5O2/c1-30(2)23-12-11-21(29-25(32)28-20-10-6-9-19(15-20)17-26)16-22(23)24(31)27-14-13-18-7-4-3-5-8-18/h3-12,15-16H,13-14H2,1-2H3,(H,27,31)(H2,28,29,32). The predicted molar refractivity (Wildman–Crippen MR) is 127 cm³/mol. The first-order valence-electron chi connectivity index (χ1n) is 10.2. The van der Waals surface area contributed by atoms with Gasteiger partial charge >= 0.3 is 6.03 Å². The summed E-state index contributed by atoms with van der Waals surface area (Å²) in [5.41, 5.74) is 3.80. The van der Waals surface area contributed by atoms with Gasteiger partial charge in [-0.15, -0.1) is 0 Å². The molecule has 0 atom stereocenters. The minimum Gasteiger partial charge on any atom is -0.377 e. The van der Waals surface area contributed by atoms with Crippen molar-refractivity contribution in [3.63, 3.8) is 0 Å². The van der Waals surface area contributed by atoms with Gasteiger partial charge in [-0.05, 0) is 48.4 Å². The first-order chi connectivity index (χ1) is 15.5. The molecule has 3 aromatic carbocycles. The highest BCUT2D eigenvalue weighted by atomic mass is 16.2. The third-order valence-corrected chi connectivity index (χ3v) is 4.77. The number of hydrogen-bond acceptors (Lipinski definition) is 4. The molecule has 0 aliphatic heterocycles. The van der Waals surface area contributed by atoms with Gasteiger partial charge in [-0.2, -0.15) is 5.26 Å². The number of nitrogens with zero attached hydrogens (tertiary/aromatic N) is 2. The van der Waals surface area contributed by atoms with E-state index in [0.717, 1.165) is 17.7 Å². The molecule has 0 unspecified atom stereocenters. The summed E-state index contributed by atoms with van der Waals surface area (Å²) in [6.07, 6.45) is 0.728. The maximum absolute atomic E-state index is 12.9. The van der Waals surface area contributed by atoms with E-state index < -0.39 is 6.03 Å². The van der Waals surface area contributed by atoms with Crippen molar-refractivity contribution in [1.29, 1.82) is 5.26 Å². The van der Waals surface area contributed by atoms with Gasteiger partial charge in [0.2, 0.25) is 0 Å². The zero-order valence-corrected chi connectivity index (χ0v) is 18.1. The Kier molecular flexibility index (Phi) is 7.44. The van der Waals surface area contributed by atoms with E-state index in [1.165, 1.54) is 0 Å². The number of amides is 3. The van der Waals surface area contributed by atoms with Crippen LogP contribution < -0.4 is 20.9 Å². The second-order valence-corrected chi connectivity index (χ2v) is 7.39. The number of hydrogen-bond donors (Lipinski definition) is 3. The largest absolute Gasteiger partial charge is 0.377 e. The van der Waals surface area contributed by atoms with E-state index in [9.17, 15) is 9.59 Å². The Hall–Kier alpha value is -4.31. The van der Waals surface area contributed by atoms with Gasteiger partial charge in [-0.3, -0.25) is 4.79 Å². The molecule has 0 aliphatic carbocycles. The molecular weight excluding hydrogens is 402 g/mol. The number of nitrogens with one attached hydrogen (secondary N) is 3. The van der Waals surface area contributed by atoms with E-state index in [-0.39, 0.29) is 5.91 Å². The Bertz CT molecular complexity index is 1140. The number of anilines is 3. The molecule has 0 bridgehead atoms. The van der Waals surface area contributed by atoms with E-state index in [0.29, 0.717) is 29.0 Å². The van der Waals surface area contributed by atoms with Crippen LogP contribution in [0, 0.1) is 11.3 Å². The fourth-order valence-electron chi connectivity index (χ4n) is 3.21. The Morgan fingerprint density at radius 2 is 1.62 bits per heavy atom. The van der Waals surface area contributed by atoms with E-state index >= 15 is 0 Å². The van der Waals surface area contributed by atoms with Crippen molar-refractivity contribution >= 4 is 29.0 Å². The molecule has 7 heteroatoms. The number of carbonyl (C=O) groups is 2. The minimum absolute atomic E-state index is 0.213. The maximum Gasteiger partial charge on any atom is 0.323 e. The van der Waals surface area contributed by atoms with Gasteiger partial charge in [0.15, 0.2) is 0 Å². The summed E-state index contributed by atoms with van der Waals surface area (Å²) < 4.78 is 0. The van der Waals surface area contributed by atoms with Gasteiger partial charge in [-0.1, -0.05) is 36.4 Å². The SMILES string of the molecule is CN(C)c1ccc(NC(=O)Nc2cccc(C#N)c2)cc1C(=O)NCCc1ccccc1. The van der Waals surface area contributed by atoms with Crippen molar-refractivity contribution < 1.29 is 9.59 Å². The average Bonchev–Trinajstić information content (AvgIpc) is 2.79. The van der Waals surface area contributed by atoms with Crippen LogP contribution in [-0.2, 0) is 6.42 Å². The Morgan fingerprint density at radius 1 is 0.906 bits per heavy atom. The second-order valence-electron chi connectivity index (χ2n) is 7.39. The van der Waals surface area contributed by atoms with Gasteiger partial charge in [0.25, 0.3) is 5.91 Å². The topological polar surface area (TPSA) is 97.3 Å². The lowest BCUT2D eigenvalue weighted by Crippen LogP contribution is -2.28. The molecule has 3 rings (SSSR count). The molecule has 3 N–H and O–H groups in total. The zero-order chi connectivity index (χ0) is 22.9. The lowest BCUT2D eigenvalue weighted by Gasteiger charge is -2.18. The molecule has 0 saturated carbocycles. The molecule has 0 heterocycles. The van der Waals surface area contributed by atoms with Crippen molar-refractivity contribution in [2.24, 2.45) is 0 Å². The molecular formula is C25H25N5O2. The van der Waals surface area contributed by atoms with E-state index in [2.05, 4.69) is 16.0 Å². The fourth-order valence-corrected chi connectivity index (χ4v) is 3.21. The molecule has 7 nitrogen and oxygen atoms in total. The van der Waals surface area contributed by atoms with Crippen molar-refractivity contribution in [3.8, 4) is 6.07 Å². The lowest BCUT2D eigenvalue weighted by molar-refractivity contribution is 0.0954. The van der Waals surface area contributed by atoms with Crippen LogP contribution in [0.1, 0.15) is 21.5 Å². The molecule has 3 aromatic rings. The number of carbonyl (C=O) groups excluding carboxylic acids is 2. The average molecular weight is 428 g/mol. The van der Waals surface area contributed by atoms with Crippen LogP contribution in [0.3, 0.4) is 0 Å². The lowest BCUT2D eigenvalue weighted by atomic mass is 10.1. The molecule has 0 aliphatic rings. The van der Waals surface area contributed by atoms with Crippen LogP contribution >= 0.6 is 0 Å². The highest BCUT2D eigenvalue weighted by Gasteiger charge is 2.15. The summed E-state index contributed by atoms with van der Waals surface area (Å²) in [4.78, 5) is 27.1. The quantitative estimate of drug-likeness (QED) is 0.525. The van der Waals surface area contributed by atoms with Gasteiger partial charge in [0.05, 0.1) is 17.2 Å². The van der Waals surface area contributed by atoms with Crippen LogP contribution in [0.15, 0.2) is 72.8 Å². The number of rotatable bonds is 7. The normalized spacial score (nSPS) is 10.0. The fraction of sp³-hybridized carbons (Fsp3) is 0.160. The van der Waals surface area contributed by atoms with Crippen molar-refractivity contribution in [2.45, 2.75) is 6.42 Å². The number of benzene rings is 3. The predicted octanol–water partition coefficient (Wildman–Crippen LogP) is 4.24. The Labute approximate surface area is 187 Å². The molecule has 0 fully saturated rings. The number of nitriles is 1. The van der Waals surface area contributed by atoms with Crippen molar-refractivity contribution in [2.75, 3.05) is 36.2 Å². The maximum atomic E-state index is 12.9. The van der Waals surface area contributed by atoms with Crippen LogP contribution in [-0.4, -0.2) is 32.6 Å². The molecule has 0 saturated heterocycles. The summed E-state index contributed by atoms with van der Waals surface area (Å²) >= 11 is 0. The minimum atomic E-state index is -0.465. The smallest absolute Gasteiger partial charge is 0.323 e. The molecule has 3 amide bonds. The van der Waals surface area contributed by atoms with E-state index in [1.807, 2.05) is 55.4 Å². The van der Waals surface area contributed by atoms with Crippen LogP contribution in [0.4, 0.5) is 21.9 Å². The van der Waals surface area contributed by atoms with E-state index in [4.69, 9.17) is 5.26 Å². The van der Waals surface area contributed by atoms with Crippen molar-refractivity contribution in [1.82, 2.24) is 5.32 Å². The van der Waals surface area contributed by atoms with Crippen molar-refractivity contribution in [3.05, 3.63) is 89.5 Å². The van der Waals surface area contributed by atoms with Gasteiger partial charge < -0.3 is 20.9 Å². The summed E-state index contributed by atoms with van der Waals surface area (Å²) in [5, 5.41) is 17.4. The van der Waals surface area contributed by atoms with Crippen LogP contribution in [0.2, 0.25) is 0 Å². The Morgan fingerprint density at radius 3 is 2.31 bits per heavy atom. The molecule has 0 spiro atoms. The summed E-state index contributed by atoms with van der Waals surface area (Å²) in [6.45, 7) is 0.503. The summed E-state index contributed by atoms with van der Waals surface area (Å²) in [5.74, 6) is -0.213. The Balaban J connectivity index is 1.68. The third kappa shape index (κ3) is 6.09. The first kappa shape index (κ1) is 22.4. The van der Waals surface area contributed by atoms with Gasteiger partial charge in [0.1, 0.15) is 0 Å². The summed E-state index contributed by atoms with van der Waals surface area (Å²) in [6, 6.07) is 23.3. The van der Waals surface area contributed by atoms with Crippen LogP contribution in [0.5, 0.6) is 0 Å². The number of urea groups is 1. The van der Waals surface area contributed by atoms with Crippen LogP contribution in [0.25, 0.3) is 0 Å². The first-order valence-corrected chi connectivity index (χ1v) is 10.2. The van der Waals surface area contributed by atoms with Gasteiger partial charge in [0, 0.05) is 37.7 Å². The van der Waals surface area contributed by atoms with Gasteiger partial charge in [-0.25, -0.2) is 4.79 Å². The monoisotopic (exact) mass is 427 g/mol. The summed E-state index contributed by atoms with van der Waals surface area (Å²) in [7, 11) is 3.72.